The van der Waals surface area contributed by atoms with Crippen molar-refractivity contribution in [3.63, 3.8) is 0 Å². The molecule has 9 heteroatoms. The fraction of sp³-hybridized carbons (Fsp3) is 0.238. The van der Waals surface area contributed by atoms with Gasteiger partial charge in [0.25, 0.3) is 0 Å². The minimum absolute atomic E-state index is 0. The number of thiazole rings is 1. The van der Waals surface area contributed by atoms with Crippen molar-refractivity contribution in [2.45, 2.75) is 6.54 Å². The first-order chi connectivity index (χ1) is 14.2. The van der Waals surface area contributed by atoms with Crippen molar-refractivity contribution in [2.75, 3.05) is 33.7 Å². The van der Waals surface area contributed by atoms with Crippen molar-refractivity contribution in [3.8, 4) is 27.8 Å². The van der Waals surface area contributed by atoms with Crippen molar-refractivity contribution in [2.24, 2.45) is 4.99 Å². The summed E-state index contributed by atoms with van der Waals surface area (Å²) in [6.45, 7) is 0.555. The maximum atomic E-state index is 5.34. The summed E-state index contributed by atoms with van der Waals surface area (Å²) in [6, 6.07) is 13.5. The van der Waals surface area contributed by atoms with E-state index in [9.17, 15) is 0 Å². The molecule has 1 heterocycles. The first-order valence-electron chi connectivity index (χ1n) is 8.95. The number of anilines is 1. The number of aromatic nitrogens is 1. The molecule has 2 aromatic carbocycles. The molecule has 160 valence electrons. The molecule has 0 bridgehead atoms. The average Bonchev–Trinajstić information content (AvgIpc) is 3.25. The van der Waals surface area contributed by atoms with Gasteiger partial charge in [-0.3, -0.25) is 4.99 Å². The molecule has 0 atom stereocenters. The Kier molecular flexibility index (Phi) is 9.18. The molecule has 0 saturated heterocycles. The molecule has 0 radical (unpaired) electrons. The van der Waals surface area contributed by atoms with Crippen molar-refractivity contribution in [1.29, 1.82) is 0 Å². The average molecular weight is 540 g/mol. The van der Waals surface area contributed by atoms with Gasteiger partial charge in [0.2, 0.25) is 0 Å². The fourth-order valence-electron chi connectivity index (χ4n) is 2.66. The third-order valence-corrected chi connectivity index (χ3v) is 5.14. The Morgan fingerprint density at radius 3 is 2.37 bits per heavy atom. The van der Waals surface area contributed by atoms with Gasteiger partial charge in [-0.2, -0.15) is 0 Å². The highest BCUT2D eigenvalue weighted by atomic mass is 127. The summed E-state index contributed by atoms with van der Waals surface area (Å²) in [7, 11) is 6.60. The molecule has 0 unspecified atom stereocenters. The van der Waals surface area contributed by atoms with Gasteiger partial charge in [-0.05, 0) is 36.4 Å². The third-order valence-electron chi connectivity index (χ3n) is 4.20. The number of ether oxygens (including phenoxy) is 3. The molecule has 2 N–H and O–H groups in total. The van der Waals surface area contributed by atoms with E-state index in [-0.39, 0.29) is 24.0 Å². The molecule has 0 spiro atoms. The summed E-state index contributed by atoms with van der Waals surface area (Å²) >= 11 is 1.61. The second kappa shape index (κ2) is 11.6. The minimum Gasteiger partial charge on any atom is -0.497 e. The summed E-state index contributed by atoms with van der Waals surface area (Å²) in [6.07, 6.45) is 0. The van der Waals surface area contributed by atoms with Crippen LogP contribution in [0.3, 0.4) is 0 Å². The van der Waals surface area contributed by atoms with Gasteiger partial charge in [-0.1, -0.05) is 0 Å². The number of aliphatic imine (C=N–C) groups is 1. The Bertz CT molecular complexity index is 977. The van der Waals surface area contributed by atoms with Crippen molar-refractivity contribution in [1.82, 2.24) is 10.3 Å². The van der Waals surface area contributed by atoms with Gasteiger partial charge in [0, 0.05) is 29.7 Å². The van der Waals surface area contributed by atoms with E-state index in [1.807, 2.05) is 47.8 Å². The normalized spacial score (nSPS) is 10.7. The molecular weight excluding hydrogens is 515 g/mol. The maximum Gasteiger partial charge on any atom is 0.195 e. The van der Waals surface area contributed by atoms with Gasteiger partial charge in [0.05, 0.1) is 33.6 Å². The Labute approximate surface area is 197 Å². The molecule has 1 aromatic heterocycles. The number of hydrogen-bond donors (Lipinski definition) is 2. The molecule has 3 rings (SSSR count). The second-order valence-electron chi connectivity index (χ2n) is 5.99. The molecular formula is C21H25IN4O3S. The smallest absolute Gasteiger partial charge is 0.195 e. The van der Waals surface area contributed by atoms with E-state index >= 15 is 0 Å². The van der Waals surface area contributed by atoms with Crippen LogP contribution in [0, 0.1) is 0 Å². The molecule has 30 heavy (non-hydrogen) atoms. The third kappa shape index (κ3) is 5.99. The standard InChI is InChI=1S/C21H24N4O3S.HI/c1-22-21(25-15-7-10-18(27-3)19(11-15)28-4)23-12-16-13-29-20(24-16)14-5-8-17(26-2)9-6-14;/h5-11,13H,12H2,1-4H3,(H2,22,23,25);1H. The van der Waals surface area contributed by atoms with Crippen LogP contribution in [0.1, 0.15) is 5.69 Å². The van der Waals surface area contributed by atoms with Crippen LogP contribution in [0.25, 0.3) is 10.6 Å². The van der Waals surface area contributed by atoms with Crippen LogP contribution in [0.2, 0.25) is 0 Å². The predicted molar refractivity (Wildman–Crippen MR) is 133 cm³/mol. The number of guanidine groups is 1. The predicted octanol–water partition coefficient (Wildman–Crippen LogP) is 4.64. The Morgan fingerprint density at radius 1 is 1.00 bits per heavy atom. The lowest BCUT2D eigenvalue weighted by molar-refractivity contribution is 0.355. The Balaban J connectivity index is 0.00000320. The summed E-state index contributed by atoms with van der Waals surface area (Å²) in [5, 5.41) is 9.52. The Hall–Kier alpha value is -2.53. The van der Waals surface area contributed by atoms with Crippen LogP contribution in [0.4, 0.5) is 5.69 Å². The van der Waals surface area contributed by atoms with E-state index in [0.29, 0.717) is 24.0 Å². The number of halogens is 1. The first kappa shape index (κ1) is 23.7. The van der Waals surface area contributed by atoms with Crippen LogP contribution in [0.5, 0.6) is 17.2 Å². The van der Waals surface area contributed by atoms with Gasteiger partial charge in [0.1, 0.15) is 10.8 Å². The highest BCUT2D eigenvalue weighted by molar-refractivity contribution is 14.0. The first-order valence-corrected chi connectivity index (χ1v) is 9.83. The highest BCUT2D eigenvalue weighted by Crippen LogP contribution is 2.29. The zero-order chi connectivity index (χ0) is 20.6. The highest BCUT2D eigenvalue weighted by Gasteiger charge is 2.08. The number of methoxy groups -OCH3 is 3. The van der Waals surface area contributed by atoms with Crippen LogP contribution in [-0.2, 0) is 6.54 Å². The van der Waals surface area contributed by atoms with E-state index in [2.05, 4.69) is 15.6 Å². The van der Waals surface area contributed by atoms with Crippen molar-refractivity contribution in [3.05, 3.63) is 53.5 Å². The second-order valence-corrected chi connectivity index (χ2v) is 6.85. The molecule has 7 nitrogen and oxygen atoms in total. The van der Waals surface area contributed by atoms with Gasteiger partial charge in [0.15, 0.2) is 17.5 Å². The lowest BCUT2D eigenvalue weighted by Gasteiger charge is -2.13. The molecule has 0 saturated carbocycles. The number of benzene rings is 2. The SMILES string of the molecule is CN=C(NCc1csc(-c2ccc(OC)cc2)n1)Nc1ccc(OC)c(OC)c1.I. The molecule has 3 aromatic rings. The lowest BCUT2D eigenvalue weighted by Crippen LogP contribution is -2.30. The largest absolute Gasteiger partial charge is 0.497 e. The van der Waals surface area contributed by atoms with Gasteiger partial charge < -0.3 is 24.8 Å². The number of nitrogens with zero attached hydrogens (tertiary/aromatic N) is 2. The Morgan fingerprint density at radius 2 is 1.73 bits per heavy atom. The van der Waals surface area contributed by atoms with Crippen molar-refractivity contribution < 1.29 is 14.2 Å². The molecule has 0 aliphatic rings. The topological polar surface area (TPSA) is 77.0 Å². The zero-order valence-corrected chi connectivity index (χ0v) is 20.4. The maximum absolute atomic E-state index is 5.34. The number of rotatable bonds is 7. The molecule has 0 aliphatic heterocycles. The van der Waals surface area contributed by atoms with Crippen LogP contribution in [-0.4, -0.2) is 39.3 Å². The van der Waals surface area contributed by atoms with E-state index in [1.165, 1.54) is 0 Å². The summed E-state index contributed by atoms with van der Waals surface area (Å²) < 4.78 is 15.8. The lowest BCUT2D eigenvalue weighted by atomic mass is 10.2. The van der Waals surface area contributed by atoms with E-state index in [1.54, 1.807) is 39.7 Å². The van der Waals surface area contributed by atoms with Crippen LogP contribution in [0.15, 0.2) is 52.8 Å². The van der Waals surface area contributed by atoms with Gasteiger partial charge in [-0.15, -0.1) is 35.3 Å². The van der Waals surface area contributed by atoms with Gasteiger partial charge in [-0.25, -0.2) is 4.98 Å². The monoisotopic (exact) mass is 540 g/mol. The quantitative estimate of drug-likeness (QED) is 0.259. The zero-order valence-electron chi connectivity index (χ0n) is 17.3. The van der Waals surface area contributed by atoms with Crippen molar-refractivity contribution >= 4 is 47.0 Å². The molecule has 0 fully saturated rings. The van der Waals surface area contributed by atoms with E-state index in [4.69, 9.17) is 19.2 Å². The molecule has 0 aliphatic carbocycles. The van der Waals surface area contributed by atoms with Crippen LogP contribution < -0.4 is 24.8 Å². The number of hydrogen-bond acceptors (Lipinski definition) is 6. The summed E-state index contributed by atoms with van der Waals surface area (Å²) in [4.78, 5) is 8.96. The van der Waals surface area contributed by atoms with Crippen LogP contribution >= 0.6 is 35.3 Å². The minimum atomic E-state index is 0. The van der Waals surface area contributed by atoms with E-state index < -0.39 is 0 Å². The molecule has 0 amide bonds. The summed E-state index contributed by atoms with van der Waals surface area (Å²) in [5.41, 5.74) is 2.85. The van der Waals surface area contributed by atoms with E-state index in [0.717, 1.165) is 27.7 Å². The summed E-state index contributed by atoms with van der Waals surface area (Å²) in [5.74, 6) is 2.79. The van der Waals surface area contributed by atoms with Gasteiger partial charge >= 0.3 is 0 Å². The fourth-order valence-corrected chi connectivity index (χ4v) is 3.48. The number of nitrogens with one attached hydrogen (secondary N) is 2.